The van der Waals surface area contributed by atoms with Crippen molar-refractivity contribution in [2.45, 2.75) is 129 Å². The van der Waals surface area contributed by atoms with Crippen molar-refractivity contribution in [2.24, 2.45) is 5.41 Å². The van der Waals surface area contributed by atoms with Crippen LogP contribution in [0.2, 0.25) is 0 Å². The standard InChI is InChI=1S/C31H52O4/c1-5-6-7-8-9-10-11-12-13-14-15-16-17-18-19-28(29(32)33-4)26-20-22-27(23-21-26)30-34-24-31(2,3)25-35-30/h20-23,28,30H,5-19,24-25H2,1-4H3. The average molecular weight is 489 g/mol. The fourth-order valence-electron chi connectivity index (χ4n) is 4.88. The van der Waals surface area contributed by atoms with Crippen LogP contribution in [-0.4, -0.2) is 26.3 Å². The summed E-state index contributed by atoms with van der Waals surface area (Å²) in [6.45, 7) is 7.93. The van der Waals surface area contributed by atoms with Gasteiger partial charge in [0.2, 0.25) is 0 Å². The molecule has 0 radical (unpaired) electrons. The van der Waals surface area contributed by atoms with Gasteiger partial charge < -0.3 is 14.2 Å². The van der Waals surface area contributed by atoms with Crippen LogP contribution in [0.25, 0.3) is 0 Å². The molecule has 1 heterocycles. The van der Waals surface area contributed by atoms with E-state index in [2.05, 4.69) is 20.8 Å². The zero-order chi connectivity index (χ0) is 25.4. The number of hydrogen-bond donors (Lipinski definition) is 0. The number of esters is 1. The molecule has 4 heteroatoms. The molecule has 1 atom stereocenters. The molecular formula is C31H52O4. The highest BCUT2D eigenvalue weighted by Gasteiger charge is 2.29. The molecule has 1 unspecified atom stereocenters. The minimum Gasteiger partial charge on any atom is -0.469 e. The lowest BCUT2D eigenvalue weighted by molar-refractivity contribution is -0.226. The van der Waals surface area contributed by atoms with Crippen molar-refractivity contribution in [3.63, 3.8) is 0 Å². The molecule has 0 aliphatic carbocycles. The molecule has 1 aliphatic rings. The van der Waals surface area contributed by atoms with E-state index in [9.17, 15) is 4.79 Å². The van der Waals surface area contributed by atoms with E-state index in [4.69, 9.17) is 14.2 Å². The van der Waals surface area contributed by atoms with Gasteiger partial charge in [0.25, 0.3) is 0 Å². The van der Waals surface area contributed by atoms with Crippen LogP contribution in [0.4, 0.5) is 0 Å². The lowest BCUT2D eigenvalue weighted by Gasteiger charge is -2.34. The van der Waals surface area contributed by atoms with Crippen molar-refractivity contribution in [3.05, 3.63) is 35.4 Å². The highest BCUT2D eigenvalue weighted by molar-refractivity contribution is 5.78. The highest BCUT2D eigenvalue weighted by atomic mass is 16.7. The second kappa shape index (κ2) is 17.1. The Labute approximate surface area is 215 Å². The van der Waals surface area contributed by atoms with Crippen molar-refractivity contribution in [1.29, 1.82) is 0 Å². The van der Waals surface area contributed by atoms with Crippen LogP contribution in [0.3, 0.4) is 0 Å². The topological polar surface area (TPSA) is 44.8 Å². The van der Waals surface area contributed by atoms with Crippen LogP contribution in [0.1, 0.15) is 140 Å². The molecule has 1 saturated heterocycles. The Kier molecular flexibility index (Phi) is 14.6. The number of carbonyl (C=O) groups is 1. The number of rotatable bonds is 18. The highest BCUT2D eigenvalue weighted by Crippen LogP contribution is 2.32. The van der Waals surface area contributed by atoms with Crippen molar-refractivity contribution >= 4 is 5.97 Å². The number of unbranched alkanes of at least 4 members (excludes halogenated alkanes) is 13. The number of ether oxygens (including phenoxy) is 3. The average Bonchev–Trinajstić information content (AvgIpc) is 2.86. The Balaban J connectivity index is 1.61. The molecule has 0 N–H and O–H groups in total. The summed E-state index contributed by atoms with van der Waals surface area (Å²) < 4.78 is 16.9. The monoisotopic (exact) mass is 488 g/mol. The number of hydrogen-bond acceptors (Lipinski definition) is 4. The lowest BCUT2D eigenvalue weighted by Crippen LogP contribution is -2.33. The predicted molar refractivity (Wildman–Crippen MR) is 145 cm³/mol. The van der Waals surface area contributed by atoms with Gasteiger partial charge in [-0.25, -0.2) is 0 Å². The second-order valence-electron chi connectivity index (χ2n) is 11.2. The molecule has 0 amide bonds. The molecule has 0 aromatic heterocycles. The molecule has 0 spiro atoms. The molecule has 0 bridgehead atoms. The first-order valence-corrected chi connectivity index (χ1v) is 14.4. The minimum absolute atomic E-state index is 0.0555. The van der Waals surface area contributed by atoms with E-state index in [0.29, 0.717) is 13.2 Å². The van der Waals surface area contributed by atoms with Gasteiger partial charge in [-0.1, -0.05) is 135 Å². The maximum atomic E-state index is 12.5. The molecule has 4 nitrogen and oxygen atoms in total. The van der Waals surface area contributed by atoms with E-state index in [1.54, 1.807) is 0 Å². The van der Waals surface area contributed by atoms with E-state index in [1.165, 1.54) is 90.6 Å². The van der Waals surface area contributed by atoms with Crippen molar-refractivity contribution in [2.75, 3.05) is 20.3 Å². The Morgan fingerprint density at radius 2 is 1.29 bits per heavy atom. The molecule has 1 fully saturated rings. The number of carbonyl (C=O) groups excluding carboxylic acids is 1. The van der Waals surface area contributed by atoms with E-state index in [1.807, 2.05) is 24.3 Å². The summed E-state index contributed by atoms with van der Waals surface area (Å²) in [5.41, 5.74) is 2.08. The Morgan fingerprint density at radius 3 is 1.74 bits per heavy atom. The molecule has 2 rings (SSSR count). The maximum absolute atomic E-state index is 12.5. The van der Waals surface area contributed by atoms with Crippen LogP contribution >= 0.6 is 0 Å². The van der Waals surface area contributed by atoms with Gasteiger partial charge in [-0.2, -0.15) is 0 Å². The number of methoxy groups -OCH3 is 1. The van der Waals surface area contributed by atoms with Crippen molar-refractivity contribution in [3.8, 4) is 0 Å². The van der Waals surface area contributed by atoms with Gasteiger partial charge in [-0.15, -0.1) is 0 Å². The first-order valence-electron chi connectivity index (χ1n) is 14.4. The van der Waals surface area contributed by atoms with E-state index in [-0.39, 0.29) is 23.6 Å². The van der Waals surface area contributed by atoms with Gasteiger partial charge in [0.15, 0.2) is 6.29 Å². The third-order valence-corrected chi connectivity index (χ3v) is 7.19. The van der Waals surface area contributed by atoms with E-state index in [0.717, 1.165) is 24.0 Å². The summed E-state index contributed by atoms with van der Waals surface area (Å²) in [7, 11) is 1.49. The van der Waals surface area contributed by atoms with Crippen LogP contribution < -0.4 is 0 Å². The number of benzene rings is 1. The predicted octanol–water partition coefficient (Wildman–Crippen LogP) is 8.89. The van der Waals surface area contributed by atoms with Crippen molar-refractivity contribution in [1.82, 2.24) is 0 Å². The molecule has 35 heavy (non-hydrogen) atoms. The summed E-state index contributed by atoms with van der Waals surface area (Å²) >= 11 is 0. The first kappa shape index (κ1) is 29.8. The van der Waals surface area contributed by atoms with Gasteiger partial charge in [-0.3, -0.25) is 4.79 Å². The first-order chi connectivity index (χ1) is 17.0. The molecule has 1 aliphatic heterocycles. The largest absolute Gasteiger partial charge is 0.469 e. The third kappa shape index (κ3) is 11.9. The van der Waals surface area contributed by atoms with Crippen LogP contribution in [-0.2, 0) is 19.0 Å². The third-order valence-electron chi connectivity index (χ3n) is 7.19. The van der Waals surface area contributed by atoms with Crippen molar-refractivity contribution < 1.29 is 19.0 Å². The summed E-state index contributed by atoms with van der Waals surface area (Å²) in [5, 5.41) is 0. The van der Waals surface area contributed by atoms with E-state index >= 15 is 0 Å². The fraction of sp³-hybridized carbons (Fsp3) is 0.774. The summed E-state index contributed by atoms with van der Waals surface area (Å²) in [6.07, 6.45) is 19.3. The zero-order valence-electron chi connectivity index (χ0n) is 23.1. The normalized spacial score (nSPS) is 16.8. The van der Waals surface area contributed by atoms with Crippen LogP contribution in [0.5, 0.6) is 0 Å². The quantitative estimate of drug-likeness (QED) is 0.153. The fourth-order valence-corrected chi connectivity index (χ4v) is 4.88. The van der Waals surface area contributed by atoms with E-state index < -0.39 is 0 Å². The lowest BCUT2D eigenvalue weighted by atomic mass is 9.92. The van der Waals surface area contributed by atoms with Crippen LogP contribution in [0, 0.1) is 5.41 Å². The second-order valence-corrected chi connectivity index (χ2v) is 11.2. The SMILES string of the molecule is CCCCCCCCCCCCCCCCC(C(=O)OC)c1ccc(C2OCC(C)(C)CO2)cc1. The molecular weight excluding hydrogens is 436 g/mol. The minimum atomic E-state index is -0.320. The Bertz CT molecular complexity index is 672. The molecule has 1 aromatic carbocycles. The molecule has 0 saturated carbocycles. The zero-order valence-corrected chi connectivity index (χ0v) is 23.1. The Hall–Kier alpha value is -1.39. The van der Waals surface area contributed by atoms with Gasteiger partial charge in [0.05, 0.1) is 26.2 Å². The molecule has 200 valence electrons. The summed E-state index contributed by atoms with van der Waals surface area (Å²) in [5.74, 6) is -0.335. The molecule has 1 aromatic rings. The summed E-state index contributed by atoms with van der Waals surface area (Å²) in [6, 6.07) is 8.12. The van der Waals surface area contributed by atoms with Gasteiger partial charge in [-0.05, 0) is 12.0 Å². The van der Waals surface area contributed by atoms with Crippen LogP contribution in [0.15, 0.2) is 24.3 Å². The maximum Gasteiger partial charge on any atom is 0.313 e. The summed E-state index contributed by atoms with van der Waals surface area (Å²) in [4.78, 5) is 12.5. The van der Waals surface area contributed by atoms with Gasteiger partial charge in [0, 0.05) is 11.0 Å². The van der Waals surface area contributed by atoms with Gasteiger partial charge >= 0.3 is 5.97 Å². The smallest absolute Gasteiger partial charge is 0.313 e. The van der Waals surface area contributed by atoms with Gasteiger partial charge in [0.1, 0.15) is 0 Å². The Morgan fingerprint density at radius 1 is 0.829 bits per heavy atom.